The molecule has 2 amide bonds. The number of nitrogens with zero attached hydrogens (tertiary/aromatic N) is 1. The van der Waals surface area contributed by atoms with Crippen LogP contribution in [0.2, 0.25) is 0 Å². The Kier molecular flexibility index (Phi) is 5.91. The van der Waals surface area contributed by atoms with Crippen LogP contribution >= 0.6 is 11.3 Å². The van der Waals surface area contributed by atoms with Crippen LogP contribution in [0, 0.1) is 12.8 Å². The standard InChI is InChI=1S/C20H22N2O4S/c1-13-5-7-14(8-6-13)19(24)22-10-3-4-15(12-22)18(23)21-16-9-11-27-17(16)20(25)26-2/h5-9,11,15H,3-4,10,12H2,1-2H3,(H,21,23). The maximum absolute atomic E-state index is 12.7. The zero-order valence-corrected chi connectivity index (χ0v) is 16.2. The van der Waals surface area contributed by atoms with Gasteiger partial charge in [-0.2, -0.15) is 0 Å². The lowest BCUT2D eigenvalue weighted by atomic mass is 9.96. The number of piperidine rings is 1. The van der Waals surface area contributed by atoms with E-state index in [2.05, 4.69) is 5.32 Å². The summed E-state index contributed by atoms with van der Waals surface area (Å²) in [5.74, 6) is -1.02. The number of thiophene rings is 1. The molecule has 6 nitrogen and oxygen atoms in total. The van der Waals surface area contributed by atoms with Gasteiger partial charge in [-0.15, -0.1) is 11.3 Å². The maximum atomic E-state index is 12.7. The van der Waals surface area contributed by atoms with Gasteiger partial charge in [-0.05, 0) is 43.3 Å². The van der Waals surface area contributed by atoms with E-state index in [1.807, 2.05) is 31.2 Å². The molecule has 1 N–H and O–H groups in total. The van der Waals surface area contributed by atoms with E-state index in [4.69, 9.17) is 4.74 Å². The van der Waals surface area contributed by atoms with Crippen LogP contribution in [0.25, 0.3) is 0 Å². The molecule has 2 heterocycles. The second-order valence-electron chi connectivity index (χ2n) is 6.60. The molecule has 27 heavy (non-hydrogen) atoms. The zero-order chi connectivity index (χ0) is 19.4. The molecule has 0 radical (unpaired) electrons. The fraction of sp³-hybridized carbons (Fsp3) is 0.350. The van der Waals surface area contributed by atoms with Crippen molar-refractivity contribution >= 4 is 34.8 Å². The third-order valence-electron chi connectivity index (χ3n) is 4.67. The van der Waals surface area contributed by atoms with E-state index in [1.165, 1.54) is 18.4 Å². The lowest BCUT2D eigenvalue weighted by Gasteiger charge is -2.32. The first-order valence-electron chi connectivity index (χ1n) is 8.82. The van der Waals surface area contributed by atoms with Crippen LogP contribution in [0.1, 0.15) is 38.4 Å². The molecule has 1 unspecified atom stereocenters. The number of esters is 1. The summed E-state index contributed by atoms with van der Waals surface area (Å²) in [6.45, 7) is 2.99. The molecular weight excluding hydrogens is 364 g/mol. The number of hydrogen-bond donors (Lipinski definition) is 1. The predicted molar refractivity (Wildman–Crippen MR) is 104 cm³/mol. The Morgan fingerprint density at radius 3 is 2.63 bits per heavy atom. The summed E-state index contributed by atoms with van der Waals surface area (Å²) in [5, 5.41) is 4.55. The van der Waals surface area contributed by atoms with E-state index in [0.717, 1.165) is 12.0 Å². The van der Waals surface area contributed by atoms with Crippen LogP contribution in [0.3, 0.4) is 0 Å². The predicted octanol–water partition coefficient (Wildman–Crippen LogP) is 3.33. The van der Waals surface area contributed by atoms with Crippen molar-refractivity contribution in [2.24, 2.45) is 5.92 Å². The highest BCUT2D eigenvalue weighted by atomic mass is 32.1. The van der Waals surface area contributed by atoms with Gasteiger partial charge < -0.3 is 15.0 Å². The van der Waals surface area contributed by atoms with Crippen LogP contribution in [0.4, 0.5) is 5.69 Å². The number of carbonyl (C=O) groups excluding carboxylic acids is 3. The molecule has 0 aliphatic carbocycles. The van der Waals surface area contributed by atoms with Crippen LogP contribution in [-0.2, 0) is 9.53 Å². The minimum atomic E-state index is -0.472. The SMILES string of the molecule is COC(=O)c1sccc1NC(=O)C1CCCN(C(=O)c2ccc(C)cc2)C1. The molecule has 0 saturated carbocycles. The number of rotatable bonds is 4. The van der Waals surface area contributed by atoms with E-state index in [0.29, 0.717) is 35.6 Å². The van der Waals surface area contributed by atoms with Crippen LogP contribution in [0.15, 0.2) is 35.7 Å². The van der Waals surface area contributed by atoms with Crippen molar-refractivity contribution in [3.05, 3.63) is 51.7 Å². The summed E-state index contributed by atoms with van der Waals surface area (Å²) >= 11 is 1.22. The van der Waals surface area contributed by atoms with Gasteiger partial charge in [-0.25, -0.2) is 4.79 Å². The van der Waals surface area contributed by atoms with E-state index >= 15 is 0 Å². The van der Waals surface area contributed by atoms with Crippen molar-refractivity contribution in [1.29, 1.82) is 0 Å². The average molecular weight is 386 g/mol. The van der Waals surface area contributed by atoms with Crippen molar-refractivity contribution in [2.45, 2.75) is 19.8 Å². The van der Waals surface area contributed by atoms with Gasteiger partial charge in [-0.1, -0.05) is 17.7 Å². The van der Waals surface area contributed by atoms with E-state index in [1.54, 1.807) is 16.3 Å². The minimum absolute atomic E-state index is 0.0571. The molecule has 1 aliphatic rings. The Morgan fingerprint density at radius 1 is 1.19 bits per heavy atom. The highest BCUT2D eigenvalue weighted by Gasteiger charge is 2.29. The van der Waals surface area contributed by atoms with E-state index < -0.39 is 5.97 Å². The number of hydrogen-bond acceptors (Lipinski definition) is 5. The smallest absolute Gasteiger partial charge is 0.350 e. The Balaban J connectivity index is 1.66. The molecule has 1 aromatic carbocycles. The summed E-state index contributed by atoms with van der Waals surface area (Å²) in [5.41, 5.74) is 2.19. The Hall–Kier alpha value is -2.67. The zero-order valence-electron chi connectivity index (χ0n) is 15.4. The number of amides is 2. The second kappa shape index (κ2) is 8.35. The van der Waals surface area contributed by atoms with Gasteiger partial charge in [0.1, 0.15) is 4.88 Å². The van der Waals surface area contributed by atoms with Gasteiger partial charge in [-0.3, -0.25) is 9.59 Å². The number of carbonyl (C=O) groups is 3. The monoisotopic (exact) mass is 386 g/mol. The van der Waals surface area contributed by atoms with E-state index in [9.17, 15) is 14.4 Å². The van der Waals surface area contributed by atoms with Gasteiger partial charge in [0.2, 0.25) is 5.91 Å². The summed E-state index contributed by atoms with van der Waals surface area (Å²) in [6, 6.07) is 9.14. The first-order chi connectivity index (χ1) is 13.0. The Bertz CT molecular complexity index is 844. The molecule has 1 saturated heterocycles. The number of anilines is 1. The molecule has 142 valence electrons. The van der Waals surface area contributed by atoms with Crippen LogP contribution in [-0.4, -0.2) is 42.9 Å². The van der Waals surface area contributed by atoms with Crippen molar-refractivity contribution in [3.63, 3.8) is 0 Å². The highest BCUT2D eigenvalue weighted by Crippen LogP contribution is 2.26. The first-order valence-corrected chi connectivity index (χ1v) is 9.70. The van der Waals surface area contributed by atoms with Crippen molar-refractivity contribution < 1.29 is 19.1 Å². The molecule has 0 bridgehead atoms. The molecule has 3 rings (SSSR count). The third kappa shape index (κ3) is 4.36. The lowest BCUT2D eigenvalue weighted by Crippen LogP contribution is -2.43. The number of methoxy groups -OCH3 is 1. The first kappa shape index (κ1) is 19.1. The number of ether oxygens (including phenoxy) is 1. The normalized spacial score (nSPS) is 16.7. The highest BCUT2D eigenvalue weighted by molar-refractivity contribution is 7.12. The number of likely N-dealkylation sites (tertiary alicyclic amines) is 1. The maximum Gasteiger partial charge on any atom is 0.350 e. The molecule has 7 heteroatoms. The van der Waals surface area contributed by atoms with Gasteiger partial charge in [0.15, 0.2) is 0 Å². The number of nitrogens with one attached hydrogen (secondary N) is 1. The largest absolute Gasteiger partial charge is 0.465 e. The quantitative estimate of drug-likeness (QED) is 0.818. The van der Waals surface area contributed by atoms with Crippen molar-refractivity contribution in [2.75, 3.05) is 25.5 Å². The van der Waals surface area contributed by atoms with Gasteiger partial charge in [0.05, 0.1) is 18.7 Å². The third-order valence-corrected chi connectivity index (χ3v) is 5.57. The van der Waals surface area contributed by atoms with E-state index in [-0.39, 0.29) is 17.7 Å². The molecule has 1 fully saturated rings. The topological polar surface area (TPSA) is 75.7 Å². The second-order valence-corrected chi connectivity index (χ2v) is 7.52. The molecule has 0 spiro atoms. The summed E-state index contributed by atoms with van der Waals surface area (Å²) in [4.78, 5) is 39.3. The van der Waals surface area contributed by atoms with Gasteiger partial charge >= 0.3 is 5.97 Å². The fourth-order valence-electron chi connectivity index (χ4n) is 3.15. The summed E-state index contributed by atoms with van der Waals surface area (Å²) < 4.78 is 4.74. The molecular formula is C20H22N2O4S. The molecule has 1 aliphatic heterocycles. The van der Waals surface area contributed by atoms with Crippen molar-refractivity contribution in [3.8, 4) is 0 Å². The number of benzene rings is 1. The van der Waals surface area contributed by atoms with Crippen molar-refractivity contribution in [1.82, 2.24) is 4.90 Å². The Labute approximate surface area is 162 Å². The Morgan fingerprint density at radius 2 is 1.93 bits per heavy atom. The fourth-order valence-corrected chi connectivity index (χ4v) is 3.91. The van der Waals surface area contributed by atoms with Gasteiger partial charge in [0, 0.05) is 18.7 Å². The summed E-state index contributed by atoms with van der Waals surface area (Å²) in [6.07, 6.45) is 1.48. The summed E-state index contributed by atoms with van der Waals surface area (Å²) in [7, 11) is 1.31. The molecule has 2 aromatic rings. The minimum Gasteiger partial charge on any atom is -0.465 e. The van der Waals surface area contributed by atoms with Gasteiger partial charge in [0.25, 0.3) is 5.91 Å². The molecule has 1 aromatic heterocycles. The average Bonchev–Trinajstić information content (AvgIpc) is 3.15. The molecule has 1 atom stereocenters. The van der Waals surface area contributed by atoms with Crippen LogP contribution < -0.4 is 5.32 Å². The number of aryl methyl sites for hydroxylation is 1. The lowest BCUT2D eigenvalue weighted by molar-refractivity contribution is -0.121. The van der Waals surface area contributed by atoms with Crippen LogP contribution in [0.5, 0.6) is 0 Å².